The summed E-state index contributed by atoms with van der Waals surface area (Å²) in [6.07, 6.45) is 1.42. The molecule has 18 heavy (non-hydrogen) atoms. The Kier molecular flexibility index (Phi) is 3.76. The van der Waals surface area contributed by atoms with Crippen LogP contribution in [0.3, 0.4) is 0 Å². The zero-order chi connectivity index (χ0) is 13.1. The Morgan fingerprint density at radius 1 is 1.50 bits per heavy atom. The standard InChI is InChI=1S/C12H13BrN4O/c1-7-3-4-9(13)5-10(7)12(18)16-8(2)11-14-6-15-17-11/h3-6,8H,1-2H3,(H,16,18)(H,14,15,17). The predicted molar refractivity (Wildman–Crippen MR) is 71.1 cm³/mol. The lowest BCUT2D eigenvalue weighted by Crippen LogP contribution is -2.28. The first-order chi connectivity index (χ1) is 8.58. The van der Waals surface area contributed by atoms with Gasteiger partial charge >= 0.3 is 0 Å². The van der Waals surface area contributed by atoms with Crippen molar-refractivity contribution < 1.29 is 4.79 Å². The van der Waals surface area contributed by atoms with Gasteiger partial charge < -0.3 is 5.32 Å². The van der Waals surface area contributed by atoms with Crippen LogP contribution in [-0.2, 0) is 0 Å². The van der Waals surface area contributed by atoms with Gasteiger partial charge in [-0.25, -0.2) is 4.98 Å². The van der Waals surface area contributed by atoms with Crippen molar-refractivity contribution in [1.82, 2.24) is 20.5 Å². The zero-order valence-electron chi connectivity index (χ0n) is 10.1. The Morgan fingerprint density at radius 3 is 2.94 bits per heavy atom. The van der Waals surface area contributed by atoms with Crippen LogP contribution in [0.15, 0.2) is 29.0 Å². The summed E-state index contributed by atoms with van der Waals surface area (Å²) in [6, 6.07) is 5.40. The fraction of sp³-hybridized carbons (Fsp3) is 0.250. The maximum absolute atomic E-state index is 12.1. The maximum atomic E-state index is 12.1. The normalized spacial score (nSPS) is 12.2. The van der Waals surface area contributed by atoms with Gasteiger partial charge in [0.1, 0.15) is 12.2 Å². The van der Waals surface area contributed by atoms with Crippen LogP contribution < -0.4 is 5.32 Å². The molecule has 2 aromatic rings. The third-order valence-electron chi connectivity index (χ3n) is 2.64. The number of benzene rings is 1. The van der Waals surface area contributed by atoms with E-state index in [2.05, 4.69) is 36.4 Å². The van der Waals surface area contributed by atoms with Gasteiger partial charge in [0, 0.05) is 10.0 Å². The average Bonchev–Trinajstić information content (AvgIpc) is 2.85. The first kappa shape index (κ1) is 12.8. The number of aromatic amines is 1. The Hall–Kier alpha value is -1.69. The van der Waals surface area contributed by atoms with Crippen LogP contribution in [0, 0.1) is 6.92 Å². The highest BCUT2D eigenvalue weighted by Gasteiger charge is 2.15. The molecule has 94 valence electrons. The van der Waals surface area contributed by atoms with Gasteiger partial charge in [0.25, 0.3) is 5.91 Å². The second-order valence-corrected chi connectivity index (χ2v) is 4.94. The summed E-state index contributed by atoms with van der Waals surface area (Å²) in [5.41, 5.74) is 1.58. The number of nitrogens with zero attached hydrogens (tertiary/aromatic N) is 2. The summed E-state index contributed by atoms with van der Waals surface area (Å²) >= 11 is 3.36. The molecule has 1 aromatic carbocycles. The van der Waals surface area contributed by atoms with Gasteiger partial charge in [-0.3, -0.25) is 9.89 Å². The van der Waals surface area contributed by atoms with Crippen LogP contribution in [0.1, 0.15) is 34.7 Å². The molecule has 0 bridgehead atoms. The second-order valence-electron chi connectivity index (χ2n) is 4.03. The molecular weight excluding hydrogens is 296 g/mol. The fourth-order valence-corrected chi connectivity index (χ4v) is 1.97. The van der Waals surface area contributed by atoms with E-state index in [1.54, 1.807) is 6.07 Å². The molecule has 0 saturated carbocycles. The van der Waals surface area contributed by atoms with Gasteiger partial charge in [-0.05, 0) is 31.5 Å². The van der Waals surface area contributed by atoms with Crippen molar-refractivity contribution in [3.05, 3.63) is 46.0 Å². The first-order valence-corrected chi connectivity index (χ1v) is 6.29. The maximum Gasteiger partial charge on any atom is 0.252 e. The number of hydrogen-bond acceptors (Lipinski definition) is 3. The minimum absolute atomic E-state index is 0.127. The van der Waals surface area contributed by atoms with Crippen molar-refractivity contribution in [1.29, 1.82) is 0 Å². The number of H-pyrrole nitrogens is 1. The van der Waals surface area contributed by atoms with E-state index in [0.717, 1.165) is 10.0 Å². The van der Waals surface area contributed by atoms with Crippen LogP contribution in [0.2, 0.25) is 0 Å². The molecule has 0 fully saturated rings. The van der Waals surface area contributed by atoms with Crippen LogP contribution in [0.4, 0.5) is 0 Å². The first-order valence-electron chi connectivity index (χ1n) is 5.50. The number of rotatable bonds is 3. The van der Waals surface area contributed by atoms with Gasteiger partial charge in [-0.1, -0.05) is 22.0 Å². The van der Waals surface area contributed by atoms with Crippen molar-refractivity contribution in [3.63, 3.8) is 0 Å². The summed E-state index contributed by atoms with van der Waals surface area (Å²) < 4.78 is 0.880. The molecule has 0 saturated heterocycles. The van der Waals surface area contributed by atoms with Crippen molar-refractivity contribution in [2.45, 2.75) is 19.9 Å². The Bertz CT molecular complexity index is 553. The van der Waals surface area contributed by atoms with Gasteiger partial charge in [-0.2, -0.15) is 5.10 Å². The molecule has 0 radical (unpaired) electrons. The number of aromatic nitrogens is 3. The number of halogens is 1. The molecule has 2 N–H and O–H groups in total. The van der Waals surface area contributed by atoms with E-state index < -0.39 is 0 Å². The predicted octanol–water partition coefficient (Wildman–Crippen LogP) is 2.37. The molecule has 1 unspecified atom stereocenters. The smallest absolute Gasteiger partial charge is 0.252 e. The van der Waals surface area contributed by atoms with E-state index in [-0.39, 0.29) is 11.9 Å². The molecule has 1 heterocycles. The number of hydrogen-bond donors (Lipinski definition) is 2. The molecule has 6 heteroatoms. The Balaban J connectivity index is 2.15. The van der Waals surface area contributed by atoms with E-state index in [1.807, 2.05) is 26.0 Å². The third-order valence-corrected chi connectivity index (χ3v) is 3.13. The van der Waals surface area contributed by atoms with Crippen molar-refractivity contribution in [2.24, 2.45) is 0 Å². The summed E-state index contributed by atoms with van der Waals surface area (Å²) in [7, 11) is 0. The molecule has 1 aromatic heterocycles. The highest BCUT2D eigenvalue weighted by Crippen LogP contribution is 2.17. The molecule has 1 atom stereocenters. The fourth-order valence-electron chi connectivity index (χ4n) is 1.61. The quantitative estimate of drug-likeness (QED) is 0.914. The molecule has 0 aliphatic rings. The molecule has 0 aliphatic heterocycles. The number of carbonyl (C=O) groups excluding carboxylic acids is 1. The summed E-state index contributed by atoms with van der Waals surface area (Å²) in [5.74, 6) is 0.508. The molecule has 0 aliphatic carbocycles. The molecule has 0 spiro atoms. The number of carbonyl (C=O) groups is 1. The zero-order valence-corrected chi connectivity index (χ0v) is 11.7. The van der Waals surface area contributed by atoms with Gasteiger partial charge in [0.2, 0.25) is 0 Å². The Morgan fingerprint density at radius 2 is 2.28 bits per heavy atom. The lowest BCUT2D eigenvalue weighted by atomic mass is 10.1. The van der Waals surface area contributed by atoms with E-state index in [1.165, 1.54) is 6.33 Å². The average molecular weight is 309 g/mol. The number of aryl methyl sites for hydroxylation is 1. The number of nitrogens with one attached hydrogen (secondary N) is 2. The third kappa shape index (κ3) is 2.76. The Labute approximate surface area is 113 Å². The van der Waals surface area contributed by atoms with E-state index in [0.29, 0.717) is 11.4 Å². The van der Waals surface area contributed by atoms with Crippen LogP contribution in [-0.4, -0.2) is 21.1 Å². The van der Waals surface area contributed by atoms with Crippen LogP contribution in [0.5, 0.6) is 0 Å². The minimum Gasteiger partial charge on any atom is -0.342 e. The molecule has 1 amide bonds. The largest absolute Gasteiger partial charge is 0.342 e. The highest BCUT2D eigenvalue weighted by atomic mass is 79.9. The van der Waals surface area contributed by atoms with Gasteiger partial charge in [0.05, 0.1) is 6.04 Å². The second kappa shape index (κ2) is 5.30. The molecule has 2 rings (SSSR count). The summed E-state index contributed by atoms with van der Waals surface area (Å²) in [6.45, 7) is 3.76. The van der Waals surface area contributed by atoms with E-state index in [9.17, 15) is 4.79 Å². The number of amides is 1. The van der Waals surface area contributed by atoms with Gasteiger partial charge in [0.15, 0.2) is 0 Å². The van der Waals surface area contributed by atoms with Crippen LogP contribution in [0.25, 0.3) is 0 Å². The lowest BCUT2D eigenvalue weighted by molar-refractivity contribution is 0.0937. The topological polar surface area (TPSA) is 70.7 Å². The van der Waals surface area contributed by atoms with Gasteiger partial charge in [-0.15, -0.1) is 0 Å². The van der Waals surface area contributed by atoms with E-state index >= 15 is 0 Å². The molecule has 5 nitrogen and oxygen atoms in total. The summed E-state index contributed by atoms with van der Waals surface area (Å²) in [4.78, 5) is 16.1. The highest BCUT2D eigenvalue weighted by molar-refractivity contribution is 9.10. The van der Waals surface area contributed by atoms with Crippen molar-refractivity contribution in [3.8, 4) is 0 Å². The van der Waals surface area contributed by atoms with Crippen molar-refractivity contribution in [2.75, 3.05) is 0 Å². The lowest BCUT2D eigenvalue weighted by Gasteiger charge is -2.12. The SMILES string of the molecule is Cc1ccc(Br)cc1C(=O)NC(C)c1ncn[nH]1. The molecular formula is C12H13BrN4O. The summed E-state index contributed by atoms with van der Waals surface area (Å²) in [5, 5.41) is 9.37. The van der Waals surface area contributed by atoms with Crippen molar-refractivity contribution >= 4 is 21.8 Å². The monoisotopic (exact) mass is 308 g/mol. The van der Waals surface area contributed by atoms with E-state index in [4.69, 9.17) is 0 Å². The minimum atomic E-state index is -0.210. The van der Waals surface area contributed by atoms with Crippen LogP contribution >= 0.6 is 15.9 Å².